The summed E-state index contributed by atoms with van der Waals surface area (Å²) in [5.74, 6) is -1.48. The van der Waals surface area contributed by atoms with Gasteiger partial charge in [-0.3, -0.25) is 9.59 Å². The van der Waals surface area contributed by atoms with Gasteiger partial charge in [0.1, 0.15) is 11.9 Å². The summed E-state index contributed by atoms with van der Waals surface area (Å²) in [7, 11) is 0. The Morgan fingerprint density at radius 1 is 1.25 bits per heavy atom. The van der Waals surface area contributed by atoms with Gasteiger partial charge in [-0.2, -0.15) is 0 Å². The number of nitrogens with one attached hydrogen (secondary N) is 3. The van der Waals surface area contributed by atoms with E-state index in [1.807, 2.05) is 0 Å². The zero-order valence-electron chi connectivity index (χ0n) is 15.0. The molecule has 1 aromatic carbocycles. The number of halogens is 1. The third-order valence-electron chi connectivity index (χ3n) is 4.13. The van der Waals surface area contributed by atoms with Crippen molar-refractivity contribution in [3.8, 4) is 0 Å². The molecule has 28 heavy (non-hydrogen) atoms. The number of primary amides is 1. The lowest BCUT2D eigenvalue weighted by Crippen LogP contribution is -2.52. The smallest absolute Gasteiger partial charge is 0.319 e. The SMILES string of the molecule is NC(=O)CCCNC(=O)C1=C[C@@H](NC(=O)Nc2cccc(F)c2)[C@@H](O)[C@H](O)C1. The highest BCUT2D eigenvalue weighted by Crippen LogP contribution is 2.20. The molecule has 152 valence electrons. The van der Waals surface area contributed by atoms with E-state index in [0.717, 1.165) is 6.07 Å². The third-order valence-corrected chi connectivity index (χ3v) is 4.13. The van der Waals surface area contributed by atoms with Crippen LogP contribution in [0.3, 0.4) is 0 Å². The lowest BCUT2D eigenvalue weighted by molar-refractivity contribution is -0.120. The van der Waals surface area contributed by atoms with E-state index < -0.39 is 41.9 Å². The summed E-state index contributed by atoms with van der Waals surface area (Å²) < 4.78 is 13.2. The summed E-state index contributed by atoms with van der Waals surface area (Å²) in [6, 6.07) is 3.48. The summed E-state index contributed by atoms with van der Waals surface area (Å²) in [6.45, 7) is 0.218. The lowest BCUT2D eigenvalue weighted by Gasteiger charge is -2.31. The number of nitrogens with two attached hydrogens (primary N) is 1. The Bertz CT molecular complexity index is 770. The van der Waals surface area contributed by atoms with Crippen LogP contribution >= 0.6 is 0 Å². The van der Waals surface area contributed by atoms with Crippen LogP contribution in [0.15, 0.2) is 35.9 Å². The Balaban J connectivity index is 1.97. The van der Waals surface area contributed by atoms with E-state index in [1.165, 1.54) is 24.3 Å². The number of hydrogen-bond acceptors (Lipinski definition) is 5. The van der Waals surface area contributed by atoms with Crippen molar-refractivity contribution in [1.29, 1.82) is 0 Å². The maximum absolute atomic E-state index is 13.2. The first-order valence-corrected chi connectivity index (χ1v) is 8.72. The van der Waals surface area contributed by atoms with Gasteiger partial charge in [0.05, 0.1) is 12.1 Å². The molecule has 4 amide bonds. The van der Waals surface area contributed by atoms with Crippen molar-refractivity contribution in [2.75, 3.05) is 11.9 Å². The first-order chi connectivity index (χ1) is 13.3. The minimum absolute atomic E-state index is 0.0908. The number of hydrogen-bond donors (Lipinski definition) is 6. The molecule has 0 aromatic heterocycles. The van der Waals surface area contributed by atoms with Gasteiger partial charge in [-0.25, -0.2) is 9.18 Å². The van der Waals surface area contributed by atoms with Crippen LogP contribution in [0.5, 0.6) is 0 Å². The van der Waals surface area contributed by atoms with E-state index in [1.54, 1.807) is 0 Å². The van der Waals surface area contributed by atoms with Crippen molar-refractivity contribution < 1.29 is 29.0 Å². The average Bonchev–Trinajstić information content (AvgIpc) is 2.62. The molecule has 0 spiro atoms. The van der Waals surface area contributed by atoms with Crippen molar-refractivity contribution >= 4 is 23.5 Å². The lowest BCUT2D eigenvalue weighted by atomic mass is 9.90. The maximum Gasteiger partial charge on any atom is 0.319 e. The van der Waals surface area contributed by atoms with Gasteiger partial charge in [-0.15, -0.1) is 0 Å². The zero-order valence-corrected chi connectivity index (χ0v) is 15.0. The molecule has 7 N–H and O–H groups in total. The highest BCUT2D eigenvalue weighted by molar-refractivity contribution is 5.94. The number of aliphatic hydroxyl groups excluding tert-OH is 2. The number of rotatable bonds is 7. The molecule has 0 bridgehead atoms. The molecule has 0 unspecified atom stereocenters. The molecule has 0 saturated carbocycles. The van der Waals surface area contributed by atoms with Gasteiger partial charge >= 0.3 is 6.03 Å². The number of benzene rings is 1. The third kappa shape index (κ3) is 6.32. The predicted molar refractivity (Wildman–Crippen MR) is 98.5 cm³/mol. The Hall–Kier alpha value is -2.98. The molecule has 2 rings (SSSR count). The summed E-state index contributed by atoms with van der Waals surface area (Å²) in [6.07, 6.45) is -0.804. The fourth-order valence-corrected chi connectivity index (χ4v) is 2.73. The first kappa shape index (κ1) is 21.3. The van der Waals surface area contributed by atoms with E-state index in [0.29, 0.717) is 6.42 Å². The summed E-state index contributed by atoms with van der Waals surface area (Å²) in [5.41, 5.74) is 5.42. The number of urea groups is 1. The summed E-state index contributed by atoms with van der Waals surface area (Å²) >= 11 is 0. The van der Waals surface area contributed by atoms with Crippen LogP contribution in [0.25, 0.3) is 0 Å². The van der Waals surface area contributed by atoms with Gasteiger partial charge in [-0.1, -0.05) is 12.1 Å². The van der Waals surface area contributed by atoms with Gasteiger partial charge < -0.3 is 31.9 Å². The zero-order chi connectivity index (χ0) is 20.7. The number of aliphatic hydroxyl groups is 2. The maximum atomic E-state index is 13.2. The quantitative estimate of drug-likeness (QED) is 0.352. The number of amides is 4. The van der Waals surface area contributed by atoms with E-state index in [9.17, 15) is 29.0 Å². The molecule has 0 heterocycles. The molecule has 9 nitrogen and oxygen atoms in total. The Morgan fingerprint density at radius 2 is 2.00 bits per heavy atom. The number of anilines is 1. The monoisotopic (exact) mass is 394 g/mol. The van der Waals surface area contributed by atoms with E-state index in [-0.39, 0.29) is 30.6 Å². The molecular formula is C18H23FN4O5. The highest BCUT2D eigenvalue weighted by Gasteiger charge is 2.33. The molecule has 1 aliphatic carbocycles. The normalized spacial score (nSPS) is 21.4. The van der Waals surface area contributed by atoms with Gasteiger partial charge in [-0.05, 0) is 24.6 Å². The van der Waals surface area contributed by atoms with Crippen LogP contribution in [0.4, 0.5) is 14.9 Å². The molecule has 10 heteroatoms. The molecule has 0 aliphatic heterocycles. The molecule has 1 aromatic rings. The van der Waals surface area contributed by atoms with Crippen LogP contribution < -0.4 is 21.7 Å². The van der Waals surface area contributed by atoms with Crippen LogP contribution in [-0.2, 0) is 9.59 Å². The van der Waals surface area contributed by atoms with E-state index in [4.69, 9.17) is 5.73 Å². The second kappa shape index (κ2) is 9.81. The molecular weight excluding hydrogens is 371 g/mol. The van der Waals surface area contributed by atoms with Crippen molar-refractivity contribution in [2.45, 2.75) is 37.5 Å². The molecule has 0 radical (unpaired) electrons. The Labute approximate surface area is 160 Å². The molecule has 0 saturated heterocycles. The van der Waals surface area contributed by atoms with Crippen LogP contribution in [0.2, 0.25) is 0 Å². The minimum Gasteiger partial charge on any atom is -0.390 e. The number of carbonyl (C=O) groups is 3. The van der Waals surface area contributed by atoms with Crippen LogP contribution in [0.1, 0.15) is 19.3 Å². The van der Waals surface area contributed by atoms with Crippen LogP contribution in [-0.4, -0.2) is 52.9 Å². The molecule has 3 atom stereocenters. The van der Waals surface area contributed by atoms with E-state index in [2.05, 4.69) is 16.0 Å². The average molecular weight is 394 g/mol. The predicted octanol–water partition coefficient (Wildman–Crippen LogP) is -0.251. The van der Waals surface area contributed by atoms with Crippen molar-refractivity contribution in [3.05, 3.63) is 41.7 Å². The van der Waals surface area contributed by atoms with Gasteiger partial charge in [0.25, 0.3) is 0 Å². The van der Waals surface area contributed by atoms with E-state index >= 15 is 0 Å². The molecule has 1 aliphatic rings. The van der Waals surface area contributed by atoms with Crippen LogP contribution in [0, 0.1) is 5.82 Å². The minimum atomic E-state index is -1.32. The summed E-state index contributed by atoms with van der Waals surface area (Å²) in [5, 5.41) is 27.5. The van der Waals surface area contributed by atoms with Gasteiger partial charge in [0.15, 0.2) is 0 Å². The fourth-order valence-electron chi connectivity index (χ4n) is 2.73. The van der Waals surface area contributed by atoms with Crippen molar-refractivity contribution in [2.24, 2.45) is 5.73 Å². The highest BCUT2D eigenvalue weighted by atomic mass is 19.1. The topological polar surface area (TPSA) is 154 Å². The largest absolute Gasteiger partial charge is 0.390 e. The summed E-state index contributed by atoms with van der Waals surface area (Å²) in [4.78, 5) is 35.0. The standard InChI is InChI=1S/C18H23FN4O5/c19-11-3-1-4-12(9-11)22-18(28)23-13-7-10(8-14(24)16(13)26)17(27)21-6-2-5-15(20)25/h1,3-4,7,9,13-14,16,24,26H,2,5-6,8H2,(H2,20,25)(H,21,27)(H2,22,23,28)/t13-,14-,16-/m1/s1. The van der Waals surface area contributed by atoms with Crippen molar-refractivity contribution in [3.63, 3.8) is 0 Å². The Morgan fingerprint density at radius 3 is 2.68 bits per heavy atom. The molecule has 0 fully saturated rings. The first-order valence-electron chi connectivity index (χ1n) is 8.72. The number of carbonyl (C=O) groups excluding carboxylic acids is 3. The van der Waals surface area contributed by atoms with Crippen molar-refractivity contribution in [1.82, 2.24) is 10.6 Å². The second-order valence-electron chi connectivity index (χ2n) is 6.41. The fraction of sp³-hybridized carbons (Fsp3) is 0.389. The van der Waals surface area contributed by atoms with Gasteiger partial charge in [0, 0.05) is 30.6 Å². The second-order valence-corrected chi connectivity index (χ2v) is 6.41. The Kier molecular flexibility index (Phi) is 7.47. The van der Waals surface area contributed by atoms with Gasteiger partial charge in [0.2, 0.25) is 11.8 Å².